The molecule has 0 radical (unpaired) electrons. The average molecular weight is 506 g/mol. The first-order chi connectivity index (χ1) is 18.0. The summed E-state index contributed by atoms with van der Waals surface area (Å²) in [6.45, 7) is 0.344. The third-order valence-corrected chi connectivity index (χ3v) is 8.30. The second-order valence-electron chi connectivity index (χ2n) is 11.0. The number of rotatable bonds is 10. The van der Waals surface area contributed by atoms with Gasteiger partial charge >= 0.3 is 0 Å². The molecule has 6 N–H and O–H groups in total. The molecule has 2 aliphatic carbocycles. The Hall–Kier alpha value is -2.93. The number of anilines is 1. The number of nitrogen functional groups attached to an aromatic ring is 1. The molecule has 200 valence electrons. The molecule has 1 aromatic carbocycles. The number of hydrogen-bond acceptors (Lipinski definition) is 5. The van der Waals surface area contributed by atoms with Crippen molar-refractivity contribution in [2.45, 2.75) is 89.3 Å². The van der Waals surface area contributed by atoms with Crippen LogP contribution in [0.15, 0.2) is 48.7 Å². The third kappa shape index (κ3) is 7.78. The summed E-state index contributed by atoms with van der Waals surface area (Å²) in [4.78, 5) is 31.4. The normalized spacial score (nSPS) is 18.8. The van der Waals surface area contributed by atoms with Gasteiger partial charge in [-0.3, -0.25) is 9.59 Å². The fourth-order valence-corrected chi connectivity index (χ4v) is 6.36. The van der Waals surface area contributed by atoms with E-state index in [0.29, 0.717) is 30.6 Å². The van der Waals surface area contributed by atoms with Crippen LogP contribution in [0, 0.1) is 17.8 Å². The van der Waals surface area contributed by atoms with Gasteiger partial charge in [0.15, 0.2) is 0 Å². The summed E-state index contributed by atoms with van der Waals surface area (Å²) in [5, 5.41) is 6.26. The molecule has 2 fully saturated rings. The highest BCUT2D eigenvalue weighted by atomic mass is 16.2. The lowest BCUT2D eigenvalue weighted by molar-refractivity contribution is -0.132. The van der Waals surface area contributed by atoms with Gasteiger partial charge < -0.3 is 22.1 Å². The van der Waals surface area contributed by atoms with E-state index in [-0.39, 0.29) is 17.7 Å². The molecule has 0 saturated heterocycles. The third-order valence-electron chi connectivity index (χ3n) is 8.30. The number of aromatic nitrogens is 1. The Kier molecular flexibility index (Phi) is 9.94. The molecular weight excluding hydrogens is 462 g/mol. The molecule has 7 nitrogen and oxygen atoms in total. The molecule has 7 heteroatoms. The molecule has 1 aromatic heterocycles. The molecule has 2 saturated carbocycles. The van der Waals surface area contributed by atoms with Crippen LogP contribution >= 0.6 is 0 Å². The van der Waals surface area contributed by atoms with Crippen molar-refractivity contribution in [2.24, 2.45) is 23.5 Å². The monoisotopic (exact) mass is 505 g/mol. The van der Waals surface area contributed by atoms with Gasteiger partial charge in [-0.2, -0.15) is 0 Å². The SMILES string of the molecule is Nc1ccc(CNC(=O)[C@H](NC(=O)C(N)Cc2ccccc2)C(C2CCCCC2)C2CCCCC2)cn1. The van der Waals surface area contributed by atoms with Gasteiger partial charge in [-0.25, -0.2) is 4.98 Å². The molecule has 4 rings (SSSR count). The van der Waals surface area contributed by atoms with Gasteiger partial charge in [0.2, 0.25) is 11.8 Å². The van der Waals surface area contributed by atoms with Crippen LogP contribution in [0.3, 0.4) is 0 Å². The highest BCUT2D eigenvalue weighted by Crippen LogP contribution is 2.42. The quantitative estimate of drug-likeness (QED) is 0.387. The van der Waals surface area contributed by atoms with Gasteiger partial charge in [0.25, 0.3) is 0 Å². The maximum Gasteiger partial charge on any atom is 0.243 e. The molecule has 0 aliphatic heterocycles. The minimum atomic E-state index is -0.711. The predicted octanol–water partition coefficient (Wildman–Crippen LogP) is 4.11. The first kappa shape index (κ1) is 27.1. The van der Waals surface area contributed by atoms with Crippen molar-refractivity contribution in [3.63, 3.8) is 0 Å². The molecule has 1 heterocycles. The average Bonchev–Trinajstić information content (AvgIpc) is 2.94. The van der Waals surface area contributed by atoms with Crippen molar-refractivity contribution in [2.75, 3.05) is 5.73 Å². The maximum atomic E-state index is 13.8. The smallest absolute Gasteiger partial charge is 0.243 e. The lowest BCUT2D eigenvalue weighted by Gasteiger charge is -2.42. The number of benzene rings is 1. The molecule has 2 atom stereocenters. The second kappa shape index (κ2) is 13.6. The first-order valence-corrected chi connectivity index (χ1v) is 14.1. The summed E-state index contributed by atoms with van der Waals surface area (Å²) in [5.74, 6) is 1.07. The van der Waals surface area contributed by atoms with E-state index < -0.39 is 12.1 Å². The predicted molar refractivity (Wildman–Crippen MR) is 147 cm³/mol. The Bertz CT molecular complexity index is 967. The molecule has 1 unspecified atom stereocenters. The molecule has 0 spiro atoms. The van der Waals surface area contributed by atoms with E-state index in [1.54, 1.807) is 12.3 Å². The number of nitrogens with one attached hydrogen (secondary N) is 2. The van der Waals surface area contributed by atoms with Gasteiger partial charge in [0.05, 0.1) is 6.04 Å². The Morgan fingerprint density at radius 3 is 2.03 bits per heavy atom. The van der Waals surface area contributed by atoms with Crippen LogP contribution in [0.4, 0.5) is 5.82 Å². The fourth-order valence-electron chi connectivity index (χ4n) is 6.36. The van der Waals surface area contributed by atoms with Gasteiger partial charge in [0.1, 0.15) is 11.9 Å². The lowest BCUT2D eigenvalue weighted by Crippen LogP contribution is -2.58. The van der Waals surface area contributed by atoms with Crippen molar-refractivity contribution < 1.29 is 9.59 Å². The summed E-state index contributed by atoms with van der Waals surface area (Å²) in [6, 6.07) is 12.1. The minimum absolute atomic E-state index is 0.123. The van der Waals surface area contributed by atoms with E-state index in [9.17, 15) is 9.59 Å². The topological polar surface area (TPSA) is 123 Å². The van der Waals surface area contributed by atoms with Crippen LogP contribution < -0.4 is 22.1 Å². The summed E-state index contributed by atoms with van der Waals surface area (Å²) in [6.07, 6.45) is 13.9. The van der Waals surface area contributed by atoms with Gasteiger partial charge in [0, 0.05) is 12.7 Å². The fraction of sp³-hybridized carbons (Fsp3) is 0.567. The Morgan fingerprint density at radius 1 is 0.838 bits per heavy atom. The number of nitrogens with two attached hydrogens (primary N) is 2. The lowest BCUT2D eigenvalue weighted by atomic mass is 9.66. The molecule has 2 aromatic rings. The number of hydrogen-bond donors (Lipinski definition) is 4. The van der Waals surface area contributed by atoms with Crippen LogP contribution in [-0.2, 0) is 22.6 Å². The minimum Gasteiger partial charge on any atom is -0.384 e. The van der Waals surface area contributed by atoms with E-state index >= 15 is 0 Å². The summed E-state index contributed by atoms with van der Waals surface area (Å²) in [5.41, 5.74) is 14.0. The van der Waals surface area contributed by atoms with Crippen molar-refractivity contribution in [1.29, 1.82) is 0 Å². The van der Waals surface area contributed by atoms with E-state index in [4.69, 9.17) is 11.5 Å². The van der Waals surface area contributed by atoms with E-state index in [0.717, 1.165) is 36.8 Å². The highest BCUT2D eigenvalue weighted by molar-refractivity contribution is 5.90. The van der Waals surface area contributed by atoms with Crippen molar-refractivity contribution in [3.8, 4) is 0 Å². The standard InChI is InChI=1S/C30H43N5O2/c31-25(18-21-10-4-1-5-11-21)29(36)35-28(30(37)34-20-22-16-17-26(32)33-19-22)27(23-12-6-2-7-13-23)24-14-8-3-9-15-24/h1,4-5,10-11,16-17,19,23-25,27-28H,2-3,6-9,12-15,18,20,31H2,(H2,32,33)(H,34,37)(H,35,36)/t25?,28-/m1/s1. The van der Waals surface area contributed by atoms with Gasteiger partial charge in [-0.1, -0.05) is 101 Å². The van der Waals surface area contributed by atoms with Gasteiger partial charge in [-0.15, -0.1) is 0 Å². The Morgan fingerprint density at radius 2 is 1.46 bits per heavy atom. The highest BCUT2D eigenvalue weighted by Gasteiger charge is 2.41. The molecule has 37 heavy (non-hydrogen) atoms. The number of carbonyl (C=O) groups is 2. The van der Waals surface area contributed by atoms with Crippen LogP contribution in [0.1, 0.15) is 75.3 Å². The van der Waals surface area contributed by atoms with Crippen LogP contribution in [0.25, 0.3) is 0 Å². The molecule has 2 aliphatic rings. The zero-order valence-corrected chi connectivity index (χ0v) is 21.9. The van der Waals surface area contributed by atoms with E-state index in [1.165, 1.54) is 38.5 Å². The first-order valence-electron chi connectivity index (χ1n) is 14.1. The van der Waals surface area contributed by atoms with Crippen LogP contribution in [0.2, 0.25) is 0 Å². The van der Waals surface area contributed by atoms with Crippen molar-refractivity contribution in [3.05, 3.63) is 59.8 Å². The zero-order valence-electron chi connectivity index (χ0n) is 21.9. The number of amides is 2. The number of nitrogens with zero attached hydrogens (tertiary/aromatic N) is 1. The van der Waals surface area contributed by atoms with E-state index in [1.807, 2.05) is 36.4 Å². The largest absolute Gasteiger partial charge is 0.384 e. The Balaban J connectivity index is 1.54. The molecule has 2 amide bonds. The Labute approximate surface area is 221 Å². The van der Waals surface area contributed by atoms with Crippen LogP contribution in [0.5, 0.6) is 0 Å². The van der Waals surface area contributed by atoms with Gasteiger partial charge in [-0.05, 0) is 41.4 Å². The summed E-state index contributed by atoms with van der Waals surface area (Å²) < 4.78 is 0. The second-order valence-corrected chi connectivity index (χ2v) is 11.0. The molecular formula is C30H43N5O2. The van der Waals surface area contributed by atoms with Crippen molar-refractivity contribution >= 4 is 17.6 Å². The van der Waals surface area contributed by atoms with Crippen LogP contribution in [-0.4, -0.2) is 28.9 Å². The van der Waals surface area contributed by atoms with E-state index in [2.05, 4.69) is 15.6 Å². The van der Waals surface area contributed by atoms with Crippen molar-refractivity contribution in [1.82, 2.24) is 15.6 Å². The summed E-state index contributed by atoms with van der Waals surface area (Å²) in [7, 11) is 0. The number of carbonyl (C=O) groups excluding carboxylic acids is 2. The summed E-state index contributed by atoms with van der Waals surface area (Å²) >= 11 is 0. The maximum absolute atomic E-state index is 13.8. The number of pyridine rings is 1. The zero-order chi connectivity index (χ0) is 26.0. The molecule has 0 bridgehead atoms.